The molecule has 0 saturated carbocycles. The number of aromatic amines is 1. The lowest BCUT2D eigenvalue weighted by Gasteiger charge is -2.25. The Morgan fingerprint density at radius 3 is 2.75 bits per heavy atom. The molecule has 1 aromatic heterocycles. The average Bonchev–Trinajstić information content (AvgIpc) is 2.10. The normalized spacial score (nSPS) is 12.6. The van der Waals surface area contributed by atoms with Gasteiger partial charge in [-0.25, -0.2) is 4.39 Å². The van der Waals surface area contributed by atoms with Crippen molar-refractivity contribution in [3.63, 3.8) is 0 Å². The van der Waals surface area contributed by atoms with Crippen LogP contribution in [0, 0.1) is 12.7 Å². The van der Waals surface area contributed by atoms with Gasteiger partial charge in [-0.1, -0.05) is 11.6 Å². The van der Waals surface area contributed by atoms with Crippen LogP contribution in [-0.4, -0.2) is 20.5 Å². The molecular formula is C11H14ClFN2O. The van der Waals surface area contributed by atoms with E-state index in [1.54, 1.807) is 31.5 Å². The van der Waals surface area contributed by atoms with E-state index < -0.39 is 11.4 Å². The number of hydrogen-bond acceptors (Lipinski definition) is 1. The Bertz CT molecular complexity index is 536. The molecule has 0 unspecified atom stereocenters. The minimum atomic E-state index is -0.866. The minimum Gasteiger partial charge on any atom is -0.389 e. The molecule has 5 heteroatoms. The highest BCUT2D eigenvalue weighted by molar-refractivity contribution is 6.35. The monoisotopic (exact) mass is 244 g/mol. The fourth-order valence-electron chi connectivity index (χ4n) is 1.75. The van der Waals surface area contributed by atoms with E-state index in [2.05, 4.69) is 5.10 Å². The SMILES string of the molecule is Cc1cc2[nH]n(CC(C)(C)O)c2c(Cl)c1F. The Balaban J connectivity index is 2.49. The molecule has 0 amide bonds. The van der Waals surface area contributed by atoms with Gasteiger partial charge in [-0.05, 0) is 32.4 Å². The highest BCUT2D eigenvalue weighted by Gasteiger charge is 2.20. The van der Waals surface area contributed by atoms with Gasteiger partial charge in [0.25, 0.3) is 0 Å². The van der Waals surface area contributed by atoms with Gasteiger partial charge in [-0.2, -0.15) is 0 Å². The summed E-state index contributed by atoms with van der Waals surface area (Å²) in [4.78, 5) is 0. The molecular weight excluding hydrogens is 231 g/mol. The molecule has 0 radical (unpaired) electrons. The summed E-state index contributed by atoms with van der Waals surface area (Å²) in [5.74, 6) is -0.400. The Morgan fingerprint density at radius 1 is 1.56 bits per heavy atom. The molecule has 0 saturated heterocycles. The van der Waals surface area contributed by atoms with Gasteiger partial charge in [0.15, 0.2) is 0 Å². The minimum absolute atomic E-state index is 0.109. The van der Waals surface area contributed by atoms with Crippen LogP contribution in [0.15, 0.2) is 6.07 Å². The summed E-state index contributed by atoms with van der Waals surface area (Å²) in [6.07, 6.45) is 0. The van der Waals surface area contributed by atoms with Gasteiger partial charge in [0.2, 0.25) is 0 Å². The smallest absolute Gasteiger partial charge is 0.147 e. The molecule has 1 heterocycles. The lowest BCUT2D eigenvalue weighted by molar-refractivity contribution is 0.0582. The van der Waals surface area contributed by atoms with Crippen molar-refractivity contribution in [1.82, 2.24) is 9.78 Å². The highest BCUT2D eigenvalue weighted by Crippen LogP contribution is 2.30. The third-order valence-electron chi connectivity index (χ3n) is 2.43. The first-order chi connectivity index (χ1) is 7.29. The molecule has 3 nitrogen and oxygen atoms in total. The van der Waals surface area contributed by atoms with Crippen molar-refractivity contribution in [2.45, 2.75) is 32.9 Å². The number of hydrogen-bond donors (Lipinski definition) is 2. The molecule has 0 bridgehead atoms. The van der Waals surface area contributed by atoms with Gasteiger partial charge >= 0.3 is 0 Å². The highest BCUT2D eigenvalue weighted by atomic mass is 35.5. The van der Waals surface area contributed by atoms with Crippen LogP contribution in [-0.2, 0) is 6.54 Å². The maximum absolute atomic E-state index is 13.6. The third kappa shape index (κ3) is 1.83. The zero-order valence-electron chi connectivity index (χ0n) is 9.43. The first-order valence-electron chi connectivity index (χ1n) is 5.05. The molecule has 0 fully saturated rings. The van der Waals surface area contributed by atoms with Crippen LogP contribution in [0.1, 0.15) is 19.4 Å². The van der Waals surface area contributed by atoms with Crippen LogP contribution in [0.3, 0.4) is 0 Å². The van der Waals surface area contributed by atoms with Crippen LogP contribution in [0.25, 0.3) is 11.0 Å². The lowest BCUT2D eigenvalue weighted by Crippen LogP contribution is -2.29. The number of fused-ring (bicyclic) bond motifs is 1. The number of benzene rings is 1. The predicted octanol–water partition coefficient (Wildman–Crippen LogP) is 2.84. The van der Waals surface area contributed by atoms with E-state index in [4.69, 9.17) is 11.6 Å². The Hall–Kier alpha value is -1.00. The first kappa shape index (κ1) is 11.5. The van der Waals surface area contributed by atoms with Crippen LogP contribution in [0.5, 0.6) is 0 Å². The standard InChI is InChI=1S/C11H14ClFN2O/c1-6-4-7-10(8(12)9(6)13)15(14-7)5-11(2,3)16/h4,14,16H,5H2,1-3H3. The number of nitrogens with one attached hydrogen (secondary N) is 1. The fraction of sp³-hybridized carbons (Fsp3) is 0.455. The predicted molar refractivity (Wildman–Crippen MR) is 62.3 cm³/mol. The van der Waals surface area contributed by atoms with Crippen molar-refractivity contribution >= 4 is 22.6 Å². The van der Waals surface area contributed by atoms with Gasteiger partial charge in [-0.3, -0.25) is 9.78 Å². The molecule has 1 aromatic carbocycles. The fourth-order valence-corrected chi connectivity index (χ4v) is 2.10. The van der Waals surface area contributed by atoms with E-state index in [-0.39, 0.29) is 5.02 Å². The molecule has 0 aliphatic rings. The second-order valence-corrected chi connectivity index (χ2v) is 5.11. The summed E-state index contributed by atoms with van der Waals surface area (Å²) in [7, 11) is 0. The summed E-state index contributed by atoms with van der Waals surface area (Å²) in [6, 6.07) is 1.71. The van der Waals surface area contributed by atoms with Crippen molar-refractivity contribution in [3.8, 4) is 0 Å². The number of H-pyrrole nitrogens is 1. The third-order valence-corrected chi connectivity index (χ3v) is 2.78. The van der Waals surface area contributed by atoms with E-state index in [0.717, 1.165) is 5.52 Å². The maximum atomic E-state index is 13.6. The number of nitrogens with zero attached hydrogens (tertiary/aromatic N) is 1. The number of rotatable bonds is 2. The Morgan fingerprint density at radius 2 is 2.19 bits per heavy atom. The molecule has 16 heavy (non-hydrogen) atoms. The van der Waals surface area contributed by atoms with Crippen LogP contribution in [0.2, 0.25) is 5.02 Å². The van der Waals surface area contributed by atoms with Gasteiger partial charge in [0.1, 0.15) is 16.4 Å². The topological polar surface area (TPSA) is 41.0 Å². The number of halogens is 2. The number of aromatic nitrogens is 2. The van der Waals surface area contributed by atoms with Gasteiger partial charge in [-0.15, -0.1) is 0 Å². The van der Waals surface area contributed by atoms with E-state index in [9.17, 15) is 9.50 Å². The van der Waals surface area contributed by atoms with Crippen molar-refractivity contribution in [2.24, 2.45) is 0 Å². The van der Waals surface area contributed by atoms with E-state index >= 15 is 0 Å². The summed E-state index contributed by atoms with van der Waals surface area (Å²) >= 11 is 5.92. The van der Waals surface area contributed by atoms with Crippen molar-refractivity contribution < 1.29 is 9.50 Å². The summed E-state index contributed by atoms with van der Waals surface area (Å²) in [6.45, 7) is 5.39. The van der Waals surface area contributed by atoms with Crippen molar-refractivity contribution in [2.75, 3.05) is 0 Å². The quantitative estimate of drug-likeness (QED) is 0.838. The number of aliphatic hydroxyl groups is 1. The van der Waals surface area contributed by atoms with Crippen LogP contribution < -0.4 is 0 Å². The van der Waals surface area contributed by atoms with Gasteiger partial charge in [0, 0.05) is 0 Å². The Labute approximate surface area is 97.8 Å². The molecule has 2 rings (SSSR count). The lowest BCUT2D eigenvalue weighted by atomic mass is 10.1. The van der Waals surface area contributed by atoms with Crippen LogP contribution >= 0.6 is 11.6 Å². The second kappa shape index (κ2) is 3.50. The Kier molecular flexibility index (Phi) is 2.51. The molecule has 0 aliphatic carbocycles. The second-order valence-electron chi connectivity index (χ2n) is 4.73. The largest absolute Gasteiger partial charge is 0.389 e. The molecule has 0 aliphatic heterocycles. The van der Waals surface area contributed by atoms with Crippen LogP contribution in [0.4, 0.5) is 4.39 Å². The maximum Gasteiger partial charge on any atom is 0.147 e. The van der Waals surface area contributed by atoms with Crippen molar-refractivity contribution in [3.05, 3.63) is 22.5 Å². The molecule has 0 atom stereocenters. The zero-order valence-corrected chi connectivity index (χ0v) is 10.2. The van der Waals surface area contributed by atoms with E-state index in [1.807, 2.05) is 0 Å². The van der Waals surface area contributed by atoms with Crippen molar-refractivity contribution in [1.29, 1.82) is 0 Å². The van der Waals surface area contributed by atoms with Gasteiger partial charge < -0.3 is 5.11 Å². The summed E-state index contributed by atoms with van der Waals surface area (Å²) in [5, 5.41) is 12.8. The zero-order chi connectivity index (χ0) is 12.1. The molecule has 88 valence electrons. The molecule has 2 N–H and O–H groups in total. The number of aryl methyl sites for hydroxylation is 1. The molecule has 0 spiro atoms. The van der Waals surface area contributed by atoms with E-state index in [0.29, 0.717) is 17.6 Å². The average molecular weight is 245 g/mol. The summed E-state index contributed by atoms with van der Waals surface area (Å²) < 4.78 is 15.2. The van der Waals surface area contributed by atoms with Gasteiger partial charge in [0.05, 0.1) is 17.7 Å². The molecule has 2 aromatic rings. The summed E-state index contributed by atoms with van der Waals surface area (Å²) in [5.41, 5.74) is 1.06. The first-order valence-corrected chi connectivity index (χ1v) is 5.42. The van der Waals surface area contributed by atoms with E-state index in [1.165, 1.54) is 0 Å².